The van der Waals surface area contributed by atoms with E-state index in [-0.39, 0.29) is 0 Å². The number of aryl methyl sites for hydroxylation is 1. The van der Waals surface area contributed by atoms with Gasteiger partial charge in [0.1, 0.15) is 0 Å². The average Bonchev–Trinajstić information content (AvgIpc) is 2.58. The summed E-state index contributed by atoms with van der Waals surface area (Å²) in [6.45, 7) is 2.02. The lowest BCUT2D eigenvalue weighted by Crippen LogP contribution is -1.86. The standard InChI is InChI=1S/C12H11NO2/c1-8-7-13-12-9(5-6-11(14)15)3-2-4-10(8)12/h2-7,13H,1H3,(H,14,15). The molecule has 1 aromatic carbocycles. The van der Waals surface area contributed by atoms with Crippen LogP contribution in [0.4, 0.5) is 0 Å². The summed E-state index contributed by atoms with van der Waals surface area (Å²) in [6, 6.07) is 5.82. The van der Waals surface area contributed by atoms with E-state index in [0.29, 0.717) is 0 Å². The number of aromatic amines is 1. The quantitative estimate of drug-likeness (QED) is 0.734. The van der Waals surface area contributed by atoms with Gasteiger partial charge in [-0.1, -0.05) is 18.2 Å². The third-order valence-corrected chi connectivity index (χ3v) is 2.36. The van der Waals surface area contributed by atoms with E-state index in [1.165, 1.54) is 0 Å². The van der Waals surface area contributed by atoms with Gasteiger partial charge in [-0.3, -0.25) is 0 Å². The summed E-state index contributed by atoms with van der Waals surface area (Å²) in [5, 5.41) is 9.68. The molecule has 2 rings (SSSR count). The second-order valence-electron chi connectivity index (χ2n) is 3.41. The topological polar surface area (TPSA) is 53.1 Å². The Bertz CT molecular complexity index is 538. The van der Waals surface area contributed by atoms with Crippen molar-refractivity contribution in [1.29, 1.82) is 0 Å². The first-order valence-electron chi connectivity index (χ1n) is 4.66. The zero-order chi connectivity index (χ0) is 10.8. The van der Waals surface area contributed by atoms with E-state index in [2.05, 4.69) is 4.98 Å². The summed E-state index contributed by atoms with van der Waals surface area (Å²) in [5.41, 5.74) is 3.03. The number of fused-ring (bicyclic) bond motifs is 1. The Morgan fingerprint density at radius 2 is 2.27 bits per heavy atom. The van der Waals surface area contributed by atoms with Crippen molar-refractivity contribution in [2.75, 3.05) is 0 Å². The molecule has 0 radical (unpaired) electrons. The van der Waals surface area contributed by atoms with Crippen molar-refractivity contribution in [2.24, 2.45) is 0 Å². The summed E-state index contributed by atoms with van der Waals surface area (Å²) in [6.07, 6.45) is 4.66. The largest absolute Gasteiger partial charge is 0.478 e. The minimum Gasteiger partial charge on any atom is -0.478 e. The van der Waals surface area contributed by atoms with Crippen LogP contribution in [0.3, 0.4) is 0 Å². The number of hydrogen-bond donors (Lipinski definition) is 2. The van der Waals surface area contributed by atoms with Crippen molar-refractivity contribution in [1.82, 2.24) is 4.98 Å². The van der Waals surface area contributed by atoms with E-state index >= 15 is 0 Å². The lowest BCUT2D eigenvalue weighted by atomic mass is 10.1. The first kappa shape index (κ1) is 9.52. The molecule has 0 bridgehead atoms. The molecule has 0 amide bonds. The molecule has 1 heterocycles. The molecule has 3 nitrogen and oxygen atoms in total. The molecule has 0 saturated heterocycles. The van der Waals surface area contributed by atoms with Crippen LogP contribution in [0.1, 0.15) is 11.1 Å². The molecule has 0 aliphatic rings. The average molecular weight is 201 g/mol. The number of carbonyl (C=O) groups is 1. The van der Waals surface area contributed by atoms with Gasteiger partial charge in [-0.2, -0.15) is 0 Å². The first-order valence-corrected chi connectivity index (χ1v) is 4.66. The molecule has 2 N–H and O–H groups in total. The molecule has 0 fully saturated rings. The van der Waals surface area contributed by atoms with Gasteiger partial charge in [0.2, 0.25) is 0 Å². The molecule has 2 aromatic rings. The SMILES string of the molecule is Cc1c[nH]c2c(C=CC(=O)O)cccc12. The first-order chi connectivity index (χ1) is 7.18. The monoisotopic (exact) mass is 201 g/mol. The fraction of sp³-hybridized carbons (Fsp3) is 0.0833. The summed E-state index contributed by atoms with van der Waals surface area (Å²) in [5.74, 6) is -0.935. The van der Waals surface area contributed by atoms with Gasteiger partial charge in [-0.05, 0) is 24.1 Å². The highest BCUT2D eigenvalue weighted by Gasteiger charge is 2.02. The number of para-hydroxylation sites is 1. The van der Waals surface area contributed by atoms with E-state index < -0.39 is 5.97 Å². The van der Waals surface area contributed by atoms with E-state index in [4.69, 9.17) is 5.11 Å². The fourth-order valence-corrected chi connectivity index (χ4v) is 1.62. The van der Waals surface area contributed by atoms with Gasteiger partial charge in [-0.25, -0.2) is 4.79 Å². The van der Waals surface area contributed by atoms with Crippen LogP contribution in [0.5, 0.6) is 0 Å². The van der Waals surface area contributed by atoms with E-state index in [9.17, 15) is 4.79 Å². The van der Waals surface area contributed by atoms with Gasteiger partial charge in [-0.15, -0.1) is 0 Å². The van der Waals surface area contributed by atoms with Crippen molar-refractivity contribution >= 4 is 22.9 Å². The normalized spacial score (nSPS) is 11.3. The lowest BCUT2D eigenvalue weighted by Gasteiger charge is -1.96. The molecule has 1 aromatic heterocycles. The maximum Gasteiger partial charge on any atom is 0.328 e. The van der Waals surface area contributed by atoms with Crippen LogP contribution in [-0.4, -0.2) is 16.1 Å². The zero-order valence-electron chi connectivity index (χ0n) is 8.32. The van der Waals surface area contributed by atoms with Gasteiger partial charge in [0.05, 0.1) is 5.52 Å². The van der Waals surface area contributed by atoms with E-state index in [1.54, 1.807) is 6.08 Å². The Morgan fingerprint density at radius 3 is 3.00 bits per heavy atom. The number of aliphatic carboxylic acids is 1. The number of rotatable bonds is 2. The number of hydrogen-bond acceptors (Lipinski definition) is 1. The molecule has 0 spiro atoms. The van der Waals surface area contributed by atoms with Gasteiger partial charge >= 0.3 is 5.97 Å². The fourth-order valence-electron chi connectivity index (χ4n) is 1.62. The van der Waals surface area contributed by atoms with Crippen LogP contribution in [-0.2, 0) is 4.79 Å². The Labute approximate surface area is 87.0 Å². The van der Waals surface area contributed by atoms with E-state index in [1.807, 2.05) is 31.3 Å². The minimum absolute atomic E-state index is 0.892. The predicted molar refractivity (Wildman–Crippen MR) is 59.7 cm³/mol. The molecular weight excluding hydrogens is 190 g/mol. The van der Waals surface area contributed by atoms with Crippen molar-refractivity contribution in [3.05, 3.63) is 41.6 Å². The van der Waals surface area contributed by atoms with Crippen LogP contribution < -0.4 is 0 Å². The third kappa shape index (κ3) is 1.76. The van der Waals surface area contributed by atoms with E-state index in [0.717, 1.165) is 28.1 Å². The number of aromatic nitrogens is 1. The second-order valence-corrected chi connectivity index (χ2v) is 3.41. The Morgan fingerprint density at radius 1 is 1.47 bits per heavy atom. The molecule has 0 atom stereocenters. The number of nitrogens with one attached hydrogen (secondary N) is 1. The molecule has 15 heavy (non-hydrogen) atoms. The molecular formula is C12H11NO2. The molecule has 0 aliphatic carbocycles. The van der Waals surface area contributed by atoms with Crippen LogP contribution in [0, 0.1) is 6.92 Å². The van der Waals surface area contributed by atoms with Gasteiger partial charge < -0.3 is 10.1 Å². The molecule has 3 heteroatoms. The number of carboxylic acid groups (broad SMARTS) is 1. The number of benzene rings is 1. The molecule has 0 aliphatic heterocycles. The number of H-pyrrole nitrogens is 1. The van der Waals surface area contributed by atoms with Gasteiger partial charge in [0.15, 0.2) is 0 Å². The van der Waals surface area contributed by atoms with Crippen molar-refractivity contribution < 1.29 is 9.90 Å². The third-order valence-electron chi connectivity index (χ3n) is 2.36. The van der Waals surface area contributed by atoms with Crippen molar-refractivity contribution in [3.8, 4) is 0 Å². The second kappa shape index (κ2) is 3.61. The van der Waals surface area contributed by atoms with Crippen molar-refractivity contribution in [2.45, 2.75) is 6.92 Å². The predicted octanol–water partition coefficient (Wildman–Crippen LogP) is 2.57. The van der Waals surface area contributed by atoms with Crippen molar-refractivity contribution in [3.63, 3.8) is 0 Å². The minimum atomic E-state index is -0.935. The van der Waals surface area contributed by atoms with Gasteiger partial charge in [0.25, 0.3) is 0 Å². The Balaban J connectivity index is 2.56. The highest BCUT2D eigenvalue weighted by atomic mass is 16.4. The zero-order valence-corrected chi connectivity index (χ0v) is 8.32. The summed E-state index contributed by atoms with van der Waals surface area (Å²) >= 11 is 0. The van der Waals surface area contributed by atoms with Crippen LogP contribution in [0.15, 0.2) is 30.5 Å². The Kier molecular flexibility index (Phi) is 2.29. The smallest absolute Gasteiger partial charge is 0.328 e. The lowest BCUT2D eigenvalue weighted by molar-refractivity contribution is -0.131. The highest BCUT2D eigenvalue weighted by molar-refractivity contribution is 5.93. The summed E-state index contributed by atoms with van der Waals surface area (Å²) < 4.78 is 0. The Hall–Kier alpha value is -2.03. The summed E-state index contributed by atoms with van der Waals surface area (Å²) in [4.78, 5) is 13.6. The number of carboxylic acids is 1. The van der Waals surface area contributed by atoms with Crippen LogP contribution in [0.25, 0.3) is 17.0 Å². The molecule has 0 saturated carbocycles. The summed E-state index contributed by atoms with van der Waals surface area (Å²) in [7, 11) is 0. The van der Waals surface area contributed by atoms with Gasteiger partial charge in [0, 0.05) is 17.7 Å². The highest BCUT2D eigenvalue weighted by Crippen LogP contribution is 2.21. The maximum absolute atomic E-state index is 10.4. The molecule has 0 unspecified atom stereocenters. The van der Waals surface area contributed by atoms with Crippen LogP contribution in [0.2, 0.25) is 0 Å². The maximum atomic E-state index is 10.4. The molecule has 76 valence electrons. The van der Waals surface area contributed by atoms with Crippen LogP contribution >= 0.6 is 0 Å².